The number of pyridine rings is 1. The van der Waals surface area contributed by atoms with Crippen LogP contribution in [0, 0.1) is 6.92 Å². The van der Waals surface area contributed by atoms with Crippen LogP contribution in [0.5, 0.6) is 0 Å². The Hall–Kier alpha value is -2.13. The Bertz CT molecular complexity index is 868. The van der Waals surface area contributed by atoms with Crippen molar-refractivity contribution in [2.75, 3.05) is 25.0 Å². The lowest BCUT2D eigenvalue weighted by molar-refractivity contribution is 0.295. The van der Waals surface area contributed by atoms with E-state index in [1.54, 1.807) is 0 Å². The van der Waals surface area contributed by atoms with Crippen LogP contribution < -0.4 is 5.32 Å². The first-order valence-electron chi connectivity index (χ1n) is 9.90. The van der Waals surface area contributed by atoms with Crippen LogP contribution in [0.25, 0.3) is 21.8 Å². The first-order valence-corrected chi connectivity index (χ1v) is 9.90. The molecule has 0 radical (unpaired) electrons. The highest BCUT2D eigenvalue weighted by atomic mass is 15.1. The highest BCUT2D eigenvalue weighted by Crippen LogP contribution is 2.32. The van der Waals surface area contributed by atoms with Gasteiger partial charge in [0.05, 0.1) is 16.7 Å². The molecule has 0 aliphatic heterocycles. The Morgan fingerprint density at radius 3 is 2.50 bits per heavy atom. The fourth-order valence-electron chi connectivity index (χ4n) is 3.64. The Balaban J connectivity index is 1.86. The third-order valence-electron chi connectivity index (χ3n) is 5.23. The number of fused-ring (bicyclic) bond motifs is 2. The maximum absolute atomic E-state index is 4.85. The second kappa shape index (κ2) is 8.50. The lowest BCUT2D eigenvalue weighted by atomic mass is 10.0. The SMILES string of the molecule is CCN(CC)CCCC(C)Nc1c2ccccc2nc2ccc(C)cc12. The summed E-state index contributed by atoms with van der Waals surface area (Å²) in [4.78, 5) is 7.34. The van der Waals surface area contributed by atoms with Crippen LogP contribution in [0.4, 0.5) is 5.69 Å². The molecule has 0 spiro atoms. The molecule has 0 aliphatic carbocycles. The molecular formula is C23H31N3. The highest BCUT2D eigenvalue weighted by Gasteiger charge is 2.12. The summed E-state index contributed by atoms with van der Waals surface area (Å²) in [5.41, 5.74) is 4.62. The van der Waals surface area contributed by atoms with Gasteiger partial charge in [0, 0.05) is 16.8 Å². The first kappa shape index (κ1) is 18.7. The second-order valence-corrected chi connectivity index (χ2v) is 7.24. The number of rotatable bonds is 8. The number of aromatic nitrogens is 1. The standard InChI is InChI=1S/C23H31N3/c1-5-26(6-2)15-9-10-18(4)24-23-19-11-7-8-12-21(19)25-22-14-13-17(3)16-20(22)23/h7-8,11-14,16,18H,5-6,9-10,15H2,1-4H3,(H,24,25). The predicted octanol–water partition coefficient (Wildman–Crippen LogP) is 5.62. The summed E-state index contributed by atoms with van der Waals surface area (Å²) in [5, 5.41) is 6.24. The average Bonchev–Trinajstić information content (AvgIpc) is 2.65. The van der Waals surface area contributed by atoms with Crippen molar-refractivity contribution in [2.45, 2.75) is 46.6 Å². The molecule has 2 aromatic carbocycles. The van der Waals surface area contributed by atoms with Crippen LogP contribution in [0.3, 0.4) is 0 Å². The molecule has 1 N–H and O–H groups in total. The molecule has 0 aliphatic rings. The lowest BCUT2D eigenvalue weighted by Crippen LogP contribution is -2.25. The van der Waals surface area contributed by atoms with Crippen molar-refractivity contribution in [1.29, 1.82) is 0 Å². The van der Waals surface area contributed by atoms with E-state index in [-0.39, 0.29) is 0 Å². The van der Waals surface area contributed by atoms with Gasteiger partial charge in [0.15, 0.2) is 0 Å². The van der Waals surface area contributed by atoms with Gasteiger partial charge >= 0.3 is 0 Å². The Morgan fingerprint density at radius 2 is 1.73 bits per heavy atom. The number of nitrogens with zero attached hydrogens (tertiary/aromatic N) is 2. The largest absolute Gasteiger partial charge is 0.381 e. The summed E-state index contributed by atoms with van der Waals surface area (Å²) in [6, 6.07) is 15.4. The first-order chi connectivity index (χ1) is 12.6. The zero-order valence-electron chi connectivity index (χ0n) is 16.5. The van der Waals surface area contributed by atoms with Gasteiger partial charge in [-0.2, -0.15) is 0 Å². The maximum atomic E-state index is 4.85. The van der Waals surface area contributed by atoms with Gasteiger partial charge in [0.2, 0.25) is 0 Å². The molecule has 1 atom stereocenters. The smallest absolute Gasteiger partial charge is 0.0730 e. The van der Waals surface area contributed by atoms with E-state index in [0.717, 1.165) is 24.1 Å². The minimum Gasteiger partial charge on any atom is -0.381 e. The van der Waals surface area contributed by atoms with Crippen LogP contribution in [-0.4, -0.2) is 35.6 Å². The molecule has 0 saturated carbocycles. The topological polar surface area (TPSA) is 28.2 Å². The number of anilines is 1. The van der Waals surface area contributed by atoms with Crippen LogP contribution in [0.1, 0.15) is 39.2 Å². The summed E-state index contributed by atoms with van der Waals surface area (Å²) in [5.74, 6) is 0. The van der Waals surface area contributed by atoms with E-state index >= 15 is 0 Å². The van der Waals surface area contributed by atoms with Crippen LogP contribution >= 0.6 is 0 Å². The van der Waals surface area contributed by atoms with Crippen LogP contribution in [0.2, 0.25) is 0 Å². The van der Waals surface area contributed by atoms with Crippen molar-refractivity contribution < 1.29 is 0 Å². The molecule has 1 unspecified atom stereocenters. The van der Waals surface area contributed by atoms with E-state index in [1.807, 2.05) is 0 Å². The molecule has 26 heavy (non-hydrogen) atoms. The molecule has 0 bridgehead atoms. The minimum atomic E-state index is 0.431. The maximum Gasteiger partial charge on any atom is 0.0730 e. The number of benzene rings is 2. The van der Waals surface area contributed by atoms with Crippen molar-refractivity contribution in [2.24, 2.45) is 0 Å². The van der Waals surface area contributed by atoms with Gasteiger partial charge in [-0.3, -0.25) is 0 Å². The van der Waals surface area contributed by atoms with Crippen LogP contribution in [0.15, 0.2) is 42.5 Å². The van der Waals surface area contributed by atoms with Gasteiger partial charge in [0.1, 0.15) is 0 Å². The van der Waals surface area contributed by atoms with Gasteiger partial charge in [0.25, 0.3) is 0 Å². The van der Waals surface area contributed by atoms with Gasteiger partial charge in [-0.15, -0.1) is 0 Å². The normalized spacial score (nSPS) is 12.8. The quantitative estimate of drug-likeness (QED) is 0.535. The summed E-state index contributed by atoms with van der Waals surface area (Å²) >= 11 is 0. The fourth-order valence-corrected chi connectivity index (χ4v) is 3.64. The van der Waals surface area contributed by atoms with Crippen molar-refractivity contribution >= 4 is 27.5 Å². The number of nitrogens with one attached hydrogen (secondary N) is 1. The molecule has 3 rings (SSSR count). The monoisotopic (exact) mass is 349 g/mol. The predicted molar refractivity (Wildman–Crippen MR) is 114 cm³/mol. The third kappa shape index (κ3) is 4.16. The number of para-hydroxylation sites is 1. The molecule has 0 saturated heterocycles. The molecular weight excluding hydrogens is 318 g/mol. The zero-order valence-corrected chi connectivity index (χ0v) is 16.5. The highest BCUT2D eigenvalue weighted by molar-refractivity contribution is 6.07. The van der Waals surface area contributed by atoms with E-state index in [9.17, 15) is 0 Å². The van der Waals surface area contributed by atoms with Crippen molar-refractivity contribution in [3.05, 3.63) is 48.0 Å². The molecule has 138 valence electrons. The summed E-state index contributed by atoms with van der Waals surface area (Å²) in [7, 11) is 0. The minimum absolute atomic E-state index is 0.431. The summed E-state index contributed by atoms with van der Waals surface area (Å²) in [6.07, 6.45) is 2.39. The number of aryl methyl sites for hydroxylation is 1. The molecule has 1 heterocycles. The molecule has 1 aromatic heterocycles. The van der Waals surface area contributed by atoms with Crippen molar-refractivity contribution in [3.8, 4) is 0 Å². The average molecular weight is 350 g/mol. The van der Waals surface area contributed by atoms with Crippen LogP contribution in [-0.2, 0) is 0 Å². The Kier molecular flexibility index (Phi) is 6.10. The molecule has 3 heteroatoms. The van der Waals surface area contributed by atoms with Crippen molar-refractivity contribution in [1.82, 2.24) is 9.88 Å². The van der Waals surface area contributed by atoms with Gasteiger partial charge in [-0.1, -0.05) is 43.7 Å². The summed E-state index contributed by atoms with van der Waals surface area (Å²) < 4.78 is 0. The van der Waals surface area contributed by atoms with Gasteiger partial charge in [-0.05, 0) is 64.5 Å². The fraction of sp³-hybridized carbons (Fsp3) is 0.435. The number of hydrogen-bond donors (Lipinski definition) is 1. The van der Waals surface area contributed by atoms with E-state index in [0.29, 0.717) is 6.04 Å². The van der Waals surface area contributed by atoms with Gasteiger partial charge in [-0.25, -0.2) is 4.98 Å². The molecule has 3 aromatic rings. The molecule has 0 fully saturated rings. The lowest BCUT2D eigenvalue weighted by Gasteiger charge is -2.21. The number of hydrogen-bond acceptors (Lipinski definition) is 3. The Labute approximate surface area is 157 Å². The van der Waals surface area contributed by atoms with E-state index in [4.69, 9.17) is 4.98 Å². The molecule has 3 nitrogen and oxygen atoms in total. The zero-order chi connectivity index (χ0) is 18.5. The van der Waals surface area contributed by atoms with E-state index in [1.165, 1.54) is 41.4 Å². The second-order valence-electron chi connectivity index (χ2n) is 7.24. The van der Waals surface area contributed by atoms with E-state index < -0.39 is 0 Å². The van der Waals surface area contributed by atoms with Crippen molar-refractivity contribution in [3.63, 3.8) is 0 Å². The summed E-state index contributed by atoms with van der Waals surface area (Å²) in [6.45, 7) is 12.4. The molecule has 0 amide bonds. The Morgan fingerprint density at radius 1 is 1.00 bits per heavy atom. The van der Waals surface area contributed by atoms with E-state index in [2.05, 4.69) is 80.4 Å². The van der Waals surface area contributed by atoms with Gasteiger partial charge < -0.3 is 10.2 Å². The third-order valence-corrected chi connectivity index (χ3v) is 5.23.